The van der Waals surface area contributed by atoms with Crippen LogP contribution in [0.5, 0.6) is 0 Å². The van der Waals surface area contributed by atoms with Crippen LogP contribution < -0.4 is 0 Å². The zero-order chi connectivity index (χ0) is 22.7. The monoisotopic (exact) mass is 463 g/mol. The number of fused-ring (bicyclic) bond motifs is 1. The average Bonchev–Trinajstić information content (AvgIpc) is 3.19. The van der Waals surface area contributed by atoms with Crippen LogP contribution in [0.3, 0.4) is 0 Å². The number of hydrogen-bond donors (Lipinski definition) is 0. The first-order chi connectivity index (χ1) is 15.5. The van der Waals surface area contributed by atoms with Gasteiger partial charge in [0.25, 0.3) is 0 Å². The number of hydrogen-bond acceptors (Lipinski definition) is 2. The Bertz CT molecular complexity index is 1230. The summed E-state index contributed by atoms with van der Waals surface area (Å²) in [6.07, 6.45) is 3.62. The first-order valence-electron chi connectivity index (χ1n) is 10.4. The second-order valence-electron chi connectivity index (χ2n) is 7.58. The molecular weight excluding hydrogens is 441 g/mol. The van der Waals surface area contributed by atoms with Crippen molar-refractivity contribution in [3.05, 3.63) is 112 Å². The van der Waals surface area contributed by atoms with Gasteiger partial charge in [-0.3, -0.25) is 0 Å². The van der Waals surface area contributed by atoms with Gasteiger partial charge in [-0.1, -0.05) is 53.5 Å². The van der Waals surface area contributed by atoms with Gasteiger partial charge in [0.15, 0.2) is 0 Å². The fourth-order valence-electron chi connectivity index (χ4n) is 3.88. The molecule has 3 aromatic carbocycles. The van der Waals surface area contributed by atoms with E-state index in [0.717, 1.165) is 33.2 Å². The number of rotatable bonds is 6. The highest BCUT2D eigenvalue weighted by atomic mass is 35.5. The lowest BCUT2D eigenvalue weighted by Gasteiger charge is -2.22. The van der Waals surface area contributed by atoms with Crippen molar-refractivity contribution in [1.82, 2.24) is 4.57 Å². The van der Waals surface area contributed by atoms with Crippen LogP contribution in [0.1, 0.15) is 36.6 Å². The van der Waals surface area contributed by atoms with E-state index in [1.807, 2.05) is 61.5 Å². The summed E-state index contributed by atoms with van der Waals surface area (Å²) in [6, 6.07) is 24.1. The fourth-order valence-corrected chi connectivity index (χ4v) is 4.13. The Hall–Kier alpha value is -3.01. The van der Waals surface area contributed by atoms with Crippen LogP contribution in [-0.4, -0.2) is 17.1 Å². The molecule has 1 heterocycles. The molecule has 0 aliphatic carbocycles. The first-order valence-corrected chi connectivity index (χ1v) is 11.2. The van der Waals surface area contributed by atoms with Gasteiger partial charge in [-0.2, -0.15) is 0 Å². The van der Waals surface area contributed by atoms with E-state index in [1.165, 1.54) is 6.08 Å². The van der Waals surface area contributed by atoms with Gasteiger partial charge < -0.3 is 9.30 Å². The van der Waals surface area contributed by atoms with E-state index >= 15 is 0 Å². The summed E-state index contributed by atoms with van der Waals surface area (Å²) in [7, 11) is 0. The van der Waals surface area contributed by atoms with Crippen LogP contribution >= 0.6 is 23.2 Å². The minimum Gasteiger partial charge on any atom is -0.463 e. The number of allylic oxidation sites excluding steroid dienone is 1. The van der Waals surface area contributed by atoms with Crippen LogP contribution in [0.25, 0.3) is 16.5 Å². The molecule has 4 rings (SSSR count). The summed E-state index contributed by atoms with van der Waals surface area (Å²) in [5.74, 6) is -0.326. The molecular formula is C27H23Cl2NO2. The Morgan fingerprint density at radius 2 is 1.53 bits per heavy atom. The molecule has 5 heteroatoms. The number of carbonyl (C=O) groups is 1. The number of aromatic nitrogens is 1. The van der Waals surface area contributed by atoms with Crippen molar-refractivity contribution in [2.45, 2.75) is 19.9 Å². The van der Waals surface area contributed by atoms with Gasteiger partial charge in [0.2, 0.25) is 0 Å². The Labute approximate surface area is 197 Å². The third kappa shape index (κ3) is 4.74. The van der Waals surface area contributed by atoms with Crippen LogP contribution in [0.2, 0.25) is 10.0 Å². The number of esters is 1. The third-order valence-corrected chi connectivity index (χ3v) is 5.95. The van der Waals surface area contributed by atoms with E-state index in [0.29, 0.717) is 16.7 Å². The summed E-state index contributed by atoms with van der Waals surface area (Å²) >= 11 is 12.3. The van der Waals surface area contributed by atoms with E-state index in [-0.39, 0.29) is 12.0 Å². The van der Waals surface area contributed by atoms with E-state index in [2.05, 4.69) is 29.0 Å². The second-order valence-corrected chi connectivity index (χ2v) is 8.45. The standard InChI is InChI=1S/C27H23Cl2NO2/c1-3-32-26(31)16-18(2)21-8-13-25-22(17-21)14-15-30(25)27(19-4-9-23(28)10-5-19)20-6-11-24(29)12-7-20/h4-17,27H,3H2,1-2H3/b18-16+. The van der Waals surface area contributed by atoms with Crippen LogP contribution in [0.15, 0.2) is 85.1 Å². The summed E-state index contributed by atoms with van der Waals surface area (Å²) in [5, 5.41) is 2.50. The molecule has 3 nitrogen and oxygen atoms in total. The molecule has 0 amide bonds. The highest BCUT2D eigenvalue weighted by molar-refractivity contribution is 6.30. The normalized spacial score (nSPS) is 11.8. The highest BCUT2D eigenvalue weighted by Gasteiger charge is 2.18. The molecule has 162 valence electrons. The summed E-state index contributed by atoms with van der Waals surface area (Å²) < 4.78 is 7.28. The molecule has 0 saturated carbocycles. The smallest absolute Gasteiger partial charge is 0.331 e. The SMILES string of the molecule is CCOC(=O)/C=C(\C)c1ccc2c(ccn2C(c2ccc(Cl)cc2)c2ccc(Cl)cc2)c1. The number of nitrogens with zero attached hydrogens (tertiary/aromatic N) is 1. The minimum absolute atomic E-state index is 0.0379. The molecule has 0 bridgehead atoms. The lowest BCUT2D eigenvalue weighted by molar-refractivity contribution is -0.137. The van der Waals surface area contributed by atoms with Crippen molar-refractivity contribution in [3.63, 3.8) is 0 Å². The maximum atomic E-state index is 11.8. The lowest BCUT2D eigenvalue weighted by Crippen LogP contribution is -2.11. The molecule has 32 heavy (non-hydrogen) atoms. The van der Waals surface area contributed by atoms with Gasteiger partial charge in [0.05, 0.1) is 12.6 Å². The predicted octanol–water partition coefficient (Wildman–Crippen LogP) is 7.55. The quantitative estimate of drug-likeness (QED) is 0.218. The molecule has 0 unspecified atom stereocenters. The first kappa shape index (κ1) is 22.2. The van der Waals surface area contributed by atoms with Gasteiger partial charge >= 0.3 is 5.97 Å². The van der Waals surface area contributed by atoms with Crippen LogP contribution in [0, 0.1) is 0 Å². The Morgan fingerprint density at radius 1 is 0.938 bits per heavy atom. The average molecular weight is 464 g/mol. The van der Waals surface area contributed by atoms with E-state index in [1.54, 1.807) is 6.92 Å². The molecule has 0 N–H and O–H groups in total. The number of ether oxygens (including phenoxy) is 1. The van der Waals surface area contributed by atoms with Gasteiger partial charge in [0, 0.05) is 33.2 Å². The van der Waals surface area contributed by atoms with E-state index < -0.39 is 0 Å². The van der Waals surface area contributed by atoms with Gasteiger partial charge in [0.1, 0.15) is 0 Å². The molecule has 0 aliphatic heterocycles. The highest BCUT2D eigenvalue weighted by Crippen LogP contribution is 2.33. The zero-order valence-electron chi connectivity index (χ0n) is 17.9. The molecule has 0 saturated heterocycles. The van der Waals surface area contributed by atoms with Crippen molar-refractivity contribution in [3.8, 4) is 0 Å². The topological polar surface area (TPSA) is 31.2 Å². The largest absolute Gasteiger partial charge is 0.463 e. The van der Waals surface area contributed by atoms with E-state index in [9.17, 15) is 4.79 Å². The molecule has 0 spiro atoms. The molecule has 1 aromatic heterocycles. The molecule has 0 radical (unpaired) electrons. The number of benzene rings is 3. The Morgan fingerprint density at radius 3 is 2.09 bits per heavy atom. The van der Waals surface area contributed by atoms with Crippen molar-refractivity contribution in [1.29, 1.82) is 0 Å². The zero-order valence-corrected chi connectivity index (χ0v) is 19.4. The maximum Gasteiger partial charge on any atom is 0.331 e. The number of halogens is 2. The molecule has 0 aliphatic rings. The van der Waals surface area contributed by atoms with Crippen LogP contribution in [-0.2, 0) is 9.53 Å². The number of carbonyl (C=O) groups excluding carboxylic acids is 1. The second kappa shape index (κ2) is 9.64. The summed E-state index contributed by atoms with van der Waals surface area (Å²) in [6.45, 7) is 4.08. The predicted molar refractivity (Wildman–Crippen MR) is 132 cm³/mol. The molecule has 0 atom stereocenters. The fraction of sp³-hybridized carbons (Fsp3) is 0.148. The van der Waals surface area contributed by atoms with Crippen molar-refractivity contribution in [2.75, 3.05) is 6.61 Å². The summed E-state index contributed by atoms with van der Waals surface area (Å²) in [4.78, 5) is 11.8. The van der Waals surface area contributed by atoms with Crippen molar-refractivity contribution >= 4 is 45.6 Å². The Kier molecular flexibility index (Phi) is 6.69. The van der Waals surface area contributed by atoms with Gasteiger partial charge in [-0.25, -0.2) is 4.79 Å². The van der Waals surface area contributed by atoms with Gasteiger partial charge in [-0.05, 0) is 78.6 Å². The lowest BCUT2D eigenvalue weighted by atomic mass is 9.98. The van der Waals surface area contributed by atoms with E-state index in [4.69, 9.17) is 27.9 Å². The maximum absolute atomic E-state index is 11.8. The molecule has 4 aromatic rings. The summed E-state index contributed by atoms with van der Waals surface area (Å²) in [5.41, 5.74) is 5.18. The molecule has 0 fully saturated rings. The van der Waals surface area contributed by atoms with Gasteiger partial charge in [-0.15, -0.1) is 0 Å². The Balaban J connectivity index is 1.79. The van der Waals surface area contributed by atoms with Crippen molar-refractivity contribution < 1.29 is 9.53 Å². The minimum atomic E-state index is -0.326. The van der Waals surface area contributed by atoms with Crippen LogP contribution in [0.4, 0.5) is 0 Å². The van der Waals surface area contributed by atoms with Crippen molar-refractivity contribution in [2.24, 2.45) is 0 Å². The third-order valence-electron chi connectivity index (χ3n) is 5.45.